The summed E-state index contributed by atoms with van der Waals surface area (Å²) in [5.74, 6) is 3.15. The van der Waals surface area contributed by atoms with E-state index in [4.69, 9.17) is 0 Å². The van der Waals surface area contributed by atoms with E-state index in [2.05, 4.69) is 66.3 Å². The second kappa shape index (κ2) is 6.45. The zero-order chi connectivity index (χ0) is 19.5. The van der Waals surface area contributed by atoms with Gasteiger partial charge in [-0.25, -0.2) is 4.98 Å². The Balaban J connectivity index is 1.32. The lowest BCUT2D eigenvalue weighted by Gasteiger charge is -2.21. The Labute approximate surface area is 173 Å². The number of H-pyrrole nitrogens is 1. The quantitative estimate of drug-likeness (QED) is 0.477. The lowest BCUT2D eigenvalue weighted by atomic mass is 9.83. The van der Waals surface area contributed by atoms with Gasteiger partial charge in [0.2, 0.25) is 0 Å². The number of nitrogens with zero attached hydrogens (tertiary/aromatic N) is 1. The van der Waals surface area contributed by atoms with Crippen LogP contribution in [0.1, 0.15) is 79.3 Å². The van der Waals surface area contributed by atoms with Crippen molar-refractivity contribution >= 4 is 0 Å². The molecule has 1 heterocycles. The van der Waals surface area contributed by atoms with E-state index >= 15 is 0 Å². The Morgan fingerprint density at radius 1 is 0.862 bits per heavy atom. The molecule has 0 radical (unpaired) electrons. The lowest BCUT2D eigenvalue weighted by molar-refractivity contribution is 0.715. The third kappa shape index (κ3) is 2.73. The van der Waals surface area contributed by atoms with Crippen LogP contribution in [0.25, 0.3) is 22.4 Å². The highest BCUT2D eigenvalue weighted by Gasteiger charge is 2.39. The first-order chi connectivity index (χ1) is 14.2. The van der Waals surface area contributed by atoms with Crippen LogP contribution in [0.3, 0.4) is 0 Å². The summed E-state index contributed by atoms with van der Waals surface area (Å²) in [7, 11) is 0. The molecule has 3 aromatic rings. The van der Waals surface area contributed by atoms with Gasteiger partial charge in [0.15, 0.2) is 0 Å². The van der Waals surface area contributed by atoms with Crippen molar-refractivity contribution in [3.8, 4) is 22.4 Å². The maximum atomic E-state index is 4.67. The molecule has 1 aromatic heterocycles. The van der Waals surface area contributed by atoms with E-state index in [-0.39, 0.29) is 0 Å². The van der Waals surface area contributed by atoms with Crippen molar-refractivity contribution in [1.82, 2.24) is 9.97 Å². The highest BCUT2D eigenvalue weighted by molar-refractivity contribution is 5.75. The van der Waals surface area contributed by atoms with Gasteiger partial charge in [0.05, 0.1) is 11.9 Å². The molecule has 2 unspecified atom stereocenters. The molecule has 0 aliphatic heterocycles. The minimum Gasteiger partial charge on any atom is -0.342 e. The fourth-order valence-electron chi connectivity index (χ4n) is 6.09. The fourth-order valence-corrected chi connectivity index (χ4v) is 6.09. The fraction of sp³-hybridized carbons (Fsp3) is 0.370. The van der Waals surface area contributed by atoms with Crippen molar-refractivity contribution in [1.29, 1.82) is 0 Å². The normalized spacial score (nSPS) is 24.8. The van der Waals surface area contributed by atoms with Gasteiger partial charge in [0, 0.05) is 5.92 Å². The highest BCUT2D eigenvalue weighted by Crippen LogP contribution is 2.56. The summed E-state index contributed by atoms with van der Waals surface area (Å²) in [6.45, 7) is 4.51. The molecule has 0 spiro atoms. The molecule has 2 aromatic carbocycles. The van der Waals surface area contributed by atoms with Crippen molar-refractivity contribution in [3.63, 3.8) is 0 Å². The van der Waals surface area contributed by atoms with E-state index in [1.54, 1.807) is 11.1 Å². The number of allylic oxidation sites excluding steroid dienone is 2. The van der Waals surface area contributed by atoms with Crippen molar-refractivity contribution in [2.45, 2.75) is 63.7 Å². The topological polar surface area (TPSA) is 28.7 Å². The molecule has 146 valence electrons. The maximum absolute atomic E-state index is 4.67. The highest BCUT2D eigenvalue weighted by atomic mass is 14.9. The summed E-state index contributed by atoms with van der Waals surface area (Å²) in [6.07, 6.45) is 10.9. The van der Waals surface area contributed by atoms with Gasteiger partial charge in [-0.1, -0.05) is 48.0 Å². The summed E-state index contributed by atoms with van der Waals surface area (Å²) in [5, 5.41) is 0. The maximum Gasteiger partial charge on any atom is 0.113 e. The summed E-state index contributed by atoms with van der Waals surface area (Å²) in [4.78, 5) is 8.24. The number of hydrogen-bond donors (Lipinski definition) is 1. The number of aryl methyl sites for hydroxylation is 1. The van der Waals surface area contributed by atoms with Crippen LogP contribution in [0.5, 0.6) is 0 Å². The van der Waals surface area contributed by atoms with Gasteiger partial charge in [-0.05, 0) is 91.2 Å². The third-order valence-electron chi connectivity index (χ3n) is 7.54. The summed E-state index contributed by atoms with van der Waals surface area (Å²) < 4.78 is 0. The van der Waals surface area contributed by atoms with E-state index in [9.17, 15) is 0 Å². The molecule has 2 bridgehead atoms. The number of imidazole rings is 1. The first kappa shape index (κ1) is 17.3. The van der Waals surface area contributed by atoms with Gasteiger partial charge in [-0.2, -0.15) is 0 Å². The first-order valence-electron chi connectivity index (χ1n) is 11.1. The molecular weight excluding hydrogens is 352 g/mol. The molecule has 29 heavy (non-hydrogen) atoms. The molecule has 3 atom stereocenters. The number of nitrogens with one attached hydrogen (secondary N) is 1. The average molecular weight is 381 g/mol. The number of aromatic nitrogens is 2. The minimum absolute atomic E-state index is 0.452. The molecule has 2 nitrogen and oxygen atoms in total. The number of benzene rings is 2. The number of rotatable bonds is 3. The molecule has 3 aliphatic carbocycles. The van der Waals surface area contributed by atoms with Gasteiger partial charge in [0.25, 0.3) is 0 Å². The SMILES string of the molecule is CC1=C[C@@H](c2ncc(-c3ccc(-c4ccc(C)c5c4C4CCC5C4)cc3)[nH]2)CC1. The van der Waals surface area contributed by atoms with E-state index in [1.807, 2.05) is 6.20 Å². The molecule has 0 saturated heterocycles. The summed E-state index contributed by atoms with van der Waals surface area (Å²) in [6, 6.07) is 13.8. The smallest absolute Gasteiger partial charge is 0.113 e. The summed E-state index contributed by atoms with van der Waals surface area (Å²) in [5.41, 5.74) is 11.5. The van der Waals surface area contributed by atoms with Crippen LogP contribution in [-0.4, -0.2) is 9.97 Å². The van der Waals surface area contributed by atoms with E-state index in [0.29, 0.717) is 5.92 Å². The van der Waals surface area contributed by atoms with E-state index in [1.165, 1.54) is 59.9 Å². The summed E-state index contributed by atoms with van der Waals surface area (Å²) >= 11 is 0. The molecule has 1 saturated carbocycles. The molecule has 1 fully saturated rings. The van der Waals surface area contributed by atoms with E-state index < -0.39 is 0 Å². The number of fused-ring (bicyclic) bond motifs is 5. The van der Waals surface area contributed by atoms with Gasteiger partial charge >= 0.3 is 0 Å². The number of aromatic amines is 1. The second-order valence-electron chi connectivity index (χ2n) is 9.38. The monoisotopic (exact) mass is 380 g/mol. The molecule has 3 aliphatic rings. The Kier molecular flexibility index (Phi) is 3.84. The van der Waals surface area contributed by atoms with Crippen molar-refractivity contribution < 1.29 is 0 Å². The average Bonchev–Trinajstić information content (AvgIpc) is 3.52. The molecule has 6 rings (SSSR count). The molecule has 0 amide bonds. The zero-order valence-electron chi connectivity index (χ0n) is 17.3. The minimum atomic E-state index is 0.452. The Morgan fingerprint density at radius 3 is 2.38 bits per heavy atom. The standard InChI is InChI=1S/C27H28N2/c1-16-3-5-22(13-16)27-28-15-24(29-27)19-8-6-18(7-9-19)23-12-4-17(2)25-20-10-11-21(14-20)26(23)25/h4,6-9,12-13,15,20-22H,3,5,10-11,14H2,1-2H3,(H,28,29)/t20?,21?,22-/m0/s1. The molecule has 1 N–H and O–H groups in total. The van der Waals surface area contributed by atoms with Crippen LogP contribution in [0.2, 0.25) is 0 Å². The van der Waals surface area contributed by atoms with Crippen LogP contribution in [0.15, 0.2) is 54.2 Å². The van der Waals surface area contributed by atoms with Crippen LogP contribution in [-0.2, 0) is 0 Å². The first-order valence-corrected chi connectivity index (χ1v) is 11.1. The van der Waals surface area contributed by atoms with Crippen LogP contribution in [0, 0.1) is 6.92 Å². The van der Waals surface area contributed by atoms with Crippen molar-refractivity contribution in [2.75, 3.05) is 0 Å². The van der Waals surface area contributed by atoms with Gasteiger partial charge in [-0.15, -0.1) is 0 Å². The molecule has 2 heteroatoms. The number of hydrogen-bond acceptors (Lipinski definition) is 1. The predicted octanol–water partition coefficient (Wildman–Crippen LogP) is 7.24. The Bertz CT molecular complexity index is 1120. The molecular formula is C27H28N2. The van der Waals surface area contributed by atoms with Crippen molar-refractivity contribution in [3.05, 3.63) is 76.8 Å². The van der Waals surface area contributed by atoms with Crippen molar-refractivity contribution in [2.24, 2.45) is 0 Å². The van der Waals surface area contributed by atoms with Gasteiger partial charge < -0.3 is 4.98 Å². The van der Waals surface area contributed by atoms with E-state index in [0.717, 1.165) is 23.4 Å². The Morgan fingerprint density at radius 2 is 1.62 bits per heavy atom. The Hall–Kier alpha value is -2.61. The zero-order valence-corrected chi connectivity index (χ0v) is 17.3. The van der Waals surface area contributed by atoms with Crippen LogP contribution < -0.4 is 0 Å². The van der Waals surface area contributed by atoms with Crippen LogP contribution in [0.4, 0.5) is 0 Å². The largest absolute Gasteiger partial charge is 0.342 e. The van der Waals surface area contributed by atoms with Gasteiger partial charge in [0.1, 0.15) is 5.82 Å². The second-order valence-corrected chi connectivity index (χ2v) is 9.38. The lowest BCUT2D eigenvalue weighted by Crippen LogP contribution is -2.02. The third-order valence-corrected chi connectivity index (χ3v) is 7.54. The van der Waals surface area contributed by atoms with Gasteiger partial charge in [-0.3, -0.25) is 0 Å². The predicted molar refractivity (Wildman–Crippen MR) is 119 cm³/mol. The van der Waals surface area contributed by atoms with Crippen LogP contribution >= 0.6 is 0 Å².